The average Bonchev–Trinajstić information content (AvgIpc) is 2.55. The molecule has 0 atom stereocenters. The second-order valence-corrected chi connectivity index (χ2v) is 4.65. The van der Waals surface area contributed by atoms with Crippen LogP contribution in [0.5, 0.6) is 0 Å². The van der Waals surface area contributed by atoms with Gasteiger partial charge in [-0.1, -0.05) is 20.3 Å². The first-order valence-electron chi connectivity index (χ1n) is 6.18. The predicted octanol–water partition coefficient (Wildman–Crippen LogP) is 3.20. The maximum absolute atomic E-state index is 2.33. The molecule has 13 heavy (non-hydrogen) atoms. The maximum Gasteiger partial charge on any atom is 0.0788 e. The number of likely N-dealkylation sites (tertiary alicyclic amines) is 1. The van der Waals surface area contributed by atoms with Gasteiger partial charge in [0.25, 0.3) is 0 Å². The molecule has 0 radical (unpaired) electrons. The van der Waals surface area contributed by atoms with Gasteiger partial charge < -0.3 is 4.48 Å². The summed E-state index contributed by atoms with van der Waals surface area (Å²) in [6.45, 7) is 10.5. The minimum Gasteiger partial charge on any atom is -0.324 e. The van der Waals surface area contributed by atoms with Gasteiger partial charge in [-0.2, -0.15) is 0 Å². The third-order valence-electron chi connectivity index (χ3n) is 3.45. The molecule has 0 saturated carbocycles. The zero-order valence-electron chi connectivity index (χ0n) is 9.52. The van der Waals surface area contributed by atoms with Gasteiger partial charge in [-0.15, -0.1) is 0 Å². The van der Waals surface area contributed by atoms with Crippen molar-refractivity contribution < 1.29 is 4.48 Å². The summed E-state index contributed by atoms with van der Waals surface area (Å²) in [6, 6.07) is 0. The molecule has 0 bridgehead atoms. The lowest BCUT2D eigenvalue weighted by molar-refractivity contribution is -0.917. The Hall–Kier alpha value is -0.0400. The Morgan fingerprint density at radius 3 is 2.08 bits per heavy atom. The fourth-order valence-corrected chi connectivity index (χ4v) is 2.74. The summed E-state index contributed by atoms with van der Waals surface area (Å²) in [5.74, 6) is 0. The second kappa shape index (κ2) is 5.64. The molecule has 1 rings (SSSR count). The van der Waals surface area contributed by atoms with Crippen molar-refractivity contribution >= 4 is 0 Å². The van der Waals surface area contributed by atoms with Crippen molar-refractivity contribution in [3.63, 3.8) is 0 Å². The van der Waals surface area contributed by atoms with E-state index in [-0.39, 0.29) is 0 Å². The van der Waals surface area contributed by atoms with E-state index in [2.05, 4.69) is 13.8 Å². The molecule has 78 valence electrons. The molecule has 1 heterocycles. The Kier molecular flexibility index (Phi) is 4.79. The van der Waals surface area contributed by atoms with Gasteiger partial charge in [0.05, 0.1) is 26.2 Å². The fourth-order valence-electron chi connectivity index (χ4n) is 2.74. The number of nitrogens with zero attached hydrogens (tertiary/aromatic N) is 1. The zero-order valence-corrected chi connectivity index (χ0v) is 9.52. The molecule has 0 unspecified atom stereocenters. The highest BCUT2D eigenvalue weighted by atomic mass is 15.4. The van der Waals surface area contributed by atoms with Crippen LogP contribution in [0.4, 0.5) is 0 Å². The van der Waals surface area contributed by atoms with Gasteiger partial charge in [0.1, 0.15) is 0 Å². The van der Waals surface area contributed by atoms with E-state index < -0.39 is 0 Å². The van der Waals surface area contributed by atoms with Crippen LogP contribution in [0.25, 0.3) is 0 Å². The lowest BCUT2D eigenvalue weighted by Crippen LogP contribution is -2.46. The van der Waals surface area contributed by atoms with Gasteiger partial charge in [0.15, 0.2) is 0 Å². The van der Waals surface area contributed by atoms with Crippen LogP contribution in [-0.2, 0) is 0 Å². The van der Waals surface area contributed by atoms with E-state index in [4.69, 9.17) is 0 Å². The molecular formula is C12H26N+. The predicted molar refractivity (Wildman–Crippen MR) is 58.8 cm³/mol. The highest BCUT2D eigenvalue weighted by Gasteiger charge is 2.29. The summed E-state index contributed by atoms with van der Waals surface area (Å²) in [6.07, 6.45) is 8.58. The Morgan fingerprint density at radius 2 is 1.54 bits per heavy atom. The monoisotopic (exact) mass is 184 g/mol. The SMILES string of the molecule is CCCCC[N+]1(CCC)CCCC1. The molecule has 1 nitrogen and oxygen atoms in total. The van der Waals surface area contributed by atoms with E-state index in [9.17, 15) is 0 Å². The van der Waals surface area contributed by atoms with Crippen LogP contribution in [0.3, 0.4) is 0 Å². The molecule has 1 aliphatic rings. The van der Waals surface area contributed by atoms with Gasteiger partial charge in [-0.25, -0.2) is 0 Å². The molecule has 1 saturated heterocycles. The number of hydrogen-bond acceptors (Lipinski definition) is 0. The third-order valence-corrected chi connectivity index (χ3v) is 3.45. The molecule has 1 heteroatoms. The molecular weight excluding hydrogens is 158 g/mol. The summed E-state index contributed by atoms with van der Waals surface area (Å²) in [5.41, 5.74) is 0. The van der Waals surface area contributed by atoms with E-state index >= 15 is 0 Å². The maximum atomic E-state index is 2.33. The zero-order chi connectivity index (χ0) is 9.57. The highest BCUT2D eigenvalue weighted by Crippen LogP contribution is 2.21. The van der Waals surface area contributed by atoms with Crippen LogP contribution in [0.1, 0.15) is 52.4 Å². The average molecular weight is 184 g/mol. The van der Waals surface area contributed by atoms with Gasteiger partial charge in [-0.05, 0) is 19.3 Å². The molecule has 0 aromatic carbocycles. The van der Waals surface area contributed by atoms with Gasteiger partial charge in [0, 0.05) is 12.8 Å². The Balaban J connectivity index is 2.28. The number of quaternary nitrogens is 1. The summed E-state index contributed by atoms with van der Waals surface area (Å²) in [7, 11) is 0. The van der Waals surface area contributed by atoms with E-state index in [1.165, 1.54) is 69.2 Å². The number of rotatable bonds is 6. The van der Waals surface area contributed by atoms with Crippen molar-refractivity contribution in [3.05, 3.63) is 0 Å². The van der Waals surface area contributed by atoms with E-state index in [1.54, 1.807) is 0 Å². The standard InChI is InChI=1S/C12H26N/c1-3-5-6-10-13(9-4-2)11-7-8-12-13/h3-12H2,1-2H3/q+1. The summed E-state index contributed by atoms with van der Waals surface area (Å²) in [5, 5.41) is 0. The highest BCUT2D eigenvalue weighted by molar-refractivity contribution is 4.55. The molecule has 1 aliphatic heterocycles. The molecule has 0 aromatic rings. The van der Waals surface area contributed by atoms with Crippen LogP contribution in [-0.4, -0.2) is 30.7 Å². The minimum absolute atomic E-state index is 1.37. The third kappa shape index (κ3) is 3.30. The molecule has 0 spiro atoms. The van der Waals surface area contributed by atoms with Gasteiger partial charge >= 0.3 is 0 Å². The van der Waals surface area contributed by atoms with E-state index in [0.717, 1.165) is 0 Å². The van der Waals surface area contributed by atoms with Crippen LogP contribution in [0.15, 0.2) is 0 Å². The first kappa shape index (κ1) is 11.0. The molecule has 0 aromatic heterocycles. The summed E-state index contributed by atoms with van der Waals surface area (Å²) >= 11 is 0. The van der Waals surface area contributed by atoms with Crippen LogP contribution in [0.2, 0.25) is 0 Å². The number of unbranched alkanes of at least 4 members (excludes halogenated alkanes) is 2. The van der Waals surface area contributed by atoms with E-state index in [0.29, 0.717) is 0 Å². The minimum atomic E-state index is 1.37. The van der Waals surface area contributed by atoms with Crippen LogP contribution >= 0.6 is 0 Å². The van der Waals surface area contributed by atoms with Crippen molar-refractivity contribution in [2.75, 3.05) is 26.2 Å². The molecule has 1 fully saturated rings. The molecule has 0 amide bonds. The quantitative estimate of drug-likeness (QED) is 0.439. The Morgan fingerprint density at radius 1 is 0.846 bits per heavy atom. The summed E-state index contributed by atoms with van der Waals surface area (Å²) in [4.78, 5) is 0. The molecule has 0 aliphatic carbocycles. The second-order valence-electron chi connectivity index (χ2n) is 4.65. The van der Waals surface area contributed by atoms with Crippen LogP contribution in [0, 0.1) is 0 Å². The van der Waals surface area contributed by atoms with Crippen molar-refractivity contribution in [1.29, 1.82) is 0 Å². The van der Waals surface area contributed by atoms with Crippen molar-refractivity contribution in [3.8, 4) is 0 Å². The fraction of sp³-hybridized carbons (Fsp3) is 1.00. The van der Waals surface area contributed by atoms with Gasteiger partial charge in [0.2, 0.25) is 0 Å². The van der Waals surface area contributed by atoms with E-state index in [1.807, 2.05) is 0 Å². The largest absolute Gasteiger partial charge is 0.324 e. The molecule has 0 N–H and O–H groups in total. The van der Waals surface area contributed by atoms with Crippen molar-refractivity contribution in [2.24, 2.45) is 0 Å². The lowest BCUT2D eigenvalue weighted by Gasteiger charge is -2.34. The van der Waals surface area contributed by atoms with Crippen molar-refractivity contribution in [1.82, 2.24) is 0 Å². The Labute approximate surface area is 83.7 Å². The summed E-state index contributed by atoms with van der Waals surface area (Å²) < 4.78 is 1.45. The first-order valence-corrected chi connectivity index (χ1v) is 6.18. The normalized spacial score (nSPS) is 20.8. The topological polar surface area (TPSA) is 0 Å². The smallest absolute Gasteiger partial charge is 0.0788 e. The van der Waals surface area contributed by atoms with Gasteiger partial charge in [-0.3, -0.25) is 0 Å². The Bertz CT molecular complexity index is 125. The first-order chi connectivity index (χ1) is 6.33. The van der Waals surface area contributed by atoms with Crippen molar-refractivity contribution in [2.45, 2.75) is 52.4 Å². The van der Waals surface area contributed by atoms with Crippen LogP contribution < -0.4 is 0 Å². The number of hydrogen-bond donors (Lipinski definition) is 0. The lowest BCUT2D eigenvalue weighted by atomic mass is 10.2.